The standard InChI is InChI=1S/C23H24ClF4N3O4S/c1-22(2,3)30-19(32)11-31(16-8-9-18(24)17(10-16)23(26,27)28)21(34)13-36(35)12-20(33)29-15-6-4-14(25)5-7-15/h4-10H,11-13H2,1-3H3,(H,29,33)(H,30,32). The van der Waals surface area contributed by atoms with Crippen molar-refractivity contribution in [1.82, 2.24) is 5.32 Å². The predicted octanol–water partition coefficient (Wildman–Crippen LogP) is 4.13. The van der Waals surface area contributed by atoms with Gasteiger partial charge in [0, 0.05) is 27.7 Å². The molecule has 7 nitrogen and oxygen atoms in total. The van der Waals surface area contributed by atoms with E-state index in [1.54, 1.807) is 20.8 Å². The first-order valence-corrected chi connectivity index (χ1v) is 12.3. The van der Waals surface area contributed by atoms with Gasteiger partial charge >= 0.3 is 6.18 Å². The molecule has 0 aromatic heterocycles. The van der Waals surface area contributed by atoms with Crippen LogP contribution in [0.3, 0.4) is 0 Å². The number of nitrogens with one attached hydrogen (secondary N) is 2. The third-order valence-corrected chi connectivity index (χ3v) is 5.87. The number of alkyl halides is 3. The van der Waals surface area contributed by atoms with Crippen LogP contribution in [0.2, 0.25) is 5.02 Å². The number of amides is 3. The fourth-order valence-electron chi connectivity index (χ4n) is 2.97. The zero-order valence-electron chi connectivity index (χ0n) is 19.5. The van der Waals surface area contributed by atoms with E-state index in [0.29, 0.717) is 6.07 Å². The maximum Gasteiger partial charge on any atom is 0.417 e. The molecule has 0 saturated heterocycles. The Labute approximate surface area is 212 Å². The number of anilines is 2. The smallest absolute Gasteiger partial charge is 0.350 e. The Balaban J connectivity index is 2.21. The normalized spacial score (nSPS) is 12.6. The Kier molecular flexibility index (Phi) is 9.61. The van der Waals surface area contributed by atoms with Crippen molar-refractivity contribution in [3.05, 3.63) is 58.9 Å². The summed E-state index contributed by atoms with van der Waals surface area (Å²) in [5.41, 5.74) is -1.94. The molecule has 3 amide bonds. The molecule has 2 rings (SSSR count). The van der Waals surface area contributed by atoms with Crippen LogP contribution in [-0.4, -0.2) is 45.5 Å². The highest BCUT2D eigenvalue weighted by Crippen LogP contribution is 2.37. The first-order chi connectivity index (χ1) is 16.5. The number of carbonyl (C=O) groups is 3. The summed E-state index contributed by atoms with van der Waals surface area (Å²) in [4.78, 5) is 38.3. The first-order valence-electron chi connectivity index (χ1n) is 10.4. The zero-order valence-corrected chi connectivity index (χ0v) is 21.1. The molecule has 0 aliphatic heterocycles. The predicted molar refractivity (Wildman–Crippen MR) is 130 cm³/mol. The minimum absolute atomic E-state index is 0.242. The average Bonchev–Trinajstić information content (AvgIpc) is 2.72. The molecule has 1 atom stereocenters. The molecule has 0 fully saturated rings. The molecule has 0 heterocycles. The third kappa shape index (κ3) is 9.23. The third-order valence-electron chi connectivity index (χ3n) is 4.39. The molecule has 36 heavy (non-hydrogen) atoms. The van der Waals surface area contributed by atoms with Gasteiger partial charge in [-0.15, -0.1) is 0 Å². The molecule has 196 valence electrons. The van der Waals surface area contributed by atoms with Gasteiger partial charge in [-0.2, -0.15) is 13.2 Å². The second-order valence-electron chi connectivity index (χ2n) is 8.72. The second kappa shape index (κ2) is 11.8. The first kappa shape index (κ1) is 29.2. The van der Waals surface area contributed by atoms with Crippen molar-refractivity contribution in [2.75, 3.05) is 28.3 Å². The highest BCUT2D eigenvalue weighted by Gasteiger charge is 2.34. The Morgan fingerprint density at radius 1 is 0.972 bits per heavy atom. The van der Waals surface area contributed by atoms with Crippen molar-refractivity contribution in [3.63, 3.8) is 0 Å². The van der Waals surface area contributed by atoms with Crippen molar-refractivity contribution in [1.29, 1.82) is 0 Å². The monoisotopic (exact) mass is 549 g/mol. The lowest BCUT2D eigenvalue weighted by Gasteiger charge is -2.26. The molecule has 0 aliphatic carbocycles. The molecule has 0 saturated carbocycles. The Morgan fingerprint density at radius 3 is 2.14 bits per heavy atom. The van der Waals surface area contributed by atoms with E-state index in [9.17, 15) is 36.2 Å². The van der Waals surface area contributed by atoms with E-state index in [4.69, 9.17) is 11.6 Å². The van der Waals surface area contributed by atoms with Gasteiger partial charge in [0.2, 0.25) is 17.7 Å². The van der Waals surface area contributed by atoms with E-state index in [2.05, 4.69) is 10.6 Å². The number of hydrogen-bond acceptors (Lipinski definition) is 4. The van der Waals surface area contributed by atoms with Gasteiger partial charge in [-0.05, 0) is 63.2 Å². The van der Waals surface area contributed by atoms with Crippen LogP contribution in [0.25, 0.3) is 0 Å². The van der Waals surface area contributed by atoms with Crippen LogP contribution in [0.4, 0.5) is 28.9 Å². The molecule has 0 spiro atoms. The summed E-state index contributed by atoms with van der Waals surface area (Å²) in [5, 5.41) is 4.40. The summed E-state index contributed by atoms with van der Waals surface area (Å²) in [6, 6.07) is 7.48. The van der Waals surface area contributed by atoms with E-state index in [-0.39, 0.29) is 11.4 Å². The fourth-order valence-corrected chi connectivity index (χ4v) is 4.09. The van der Waals surface area contributed by atoms with Crippen molar-refractivity contribution in [2.45, 2.75) is 32.5 Å². The number of nitrogens with zero attached hydrogens (tertiary/aromatic N) is 1. The molecule has 0 radical (unpaired) electrons. The summed E-state index contributed by atoms with van der Waals surface area (Å²) in [7, 11) is -2.07. The van der Waals surface area contributed by atoms with Crippen LogP contribution in [0.5, 0.6) is 0 Å². The van der Waals surface area contributed by atoms with Gasteiger partial charge in [-0.3, -0.25) is 18.6 Å². The summed E-state index contributed by atoms with van der Waals surface area (Å²) >= 11 is 5.66. The van der Waals surface area contributed by atoms with Crippen LogP contribution in [0.1, 0.15) is 26.3 Å². The minimum atomic E-state index is -4.82. The molecule has 1 unspecified atom stereocenters. The van der Waals surface area contributed by atoms with Crippen LogP contribution in [0, 0.1) is 5.82 Å². The van der Waals surface area contributed by atoms with Crippen molar-refractivity contribution in [3.8, 4) is 0 Å². The Morgan fingerprint density at radius 2 is 1.58 bits per heavy atom. The maximum absolute atomic E-state index is 13.4. The number of carbonyl (C=O) groups excluding carboxylic acids is 3. The van der Waals surface area contributed by atoms with Crippen molar-refractivity contribution >= 4 is 51.5 Å². The van der Waals surface area contributed by atoms with Gasteiger partial charge in [0.05, 0.1) is 10.6 Å². The summed E-state index contributed by atoms with van der Waals surface area (Å²) in [6.45, 7) is 4.37. The summed E-state index contributed by atoms with van der Waals surface area (Å²) in [5.74, 6) is -4.21. The number of benzene rings is 2. The molecular weight excluding hydrogens is 526 g/mol. The molecule has 2 N–H and O–H groups in total. The van der Waals surface area contributed by atoms with E-state index >= 15 is 0 Å². The van der Waals surface area contributed by atoms with Crippen molar-refractivity contribution < 1.29 is 36.2 Å². The van der Waals surface area contributed by atoms with E-state index in [1.165, 1.54) is 12.1 Å². The number of hydrogen-bond donors (Lipinski definition) is 2. The Bertz CT molecular complexity index is 1150. The molecule has 0 aliphatic rings. The van der Waals surface area contributed by atoms with E-state index < -0.39 is 74.7 Å². The summed E-state index contributed by atoms with van der Waals surface area (Å²) in [6.07, 6.45) is -4.82. The number of rotatable bonds is 8. The summed E-state index contributed by atoms with van der Waals surface area (Å²) < 4.78 is 65.5. The lowest BCUT2D eigenvalue weighted by molar-refractivity contribution is -0.137. The van der Waals surface area contributed by atoms with Crippen molar-refractivity contribution in [2.24, 2.45) is 0 Å². The molecule has 2 aromatic carbocycles. The lowest BCUT2D eigenvalue weighted by Crippen LogP contribution is -2.48. The van der Waals surface area contributed by atoms with Crippen LogP contribution in [0.15, 0.2) is 42.5 Å². The maximum atomic E-state index is 13.4. The van der Waals surface area contributed by atoms with Gasteiger partial charge in [0.25, 0.3) is 0 Å². The van der Waals surface area contributed by atoms with Gasteiger partial charge in [0.1, 0.15) is 23.9 Å². The van der Waals surface area contributed by atoms with Gasteiger partial charge in [0.15, 0.2) is 0 Å². The van der Waals surface area contributed by atoms with E-state index in [0.717, 1.165) is 29.2 Å². The van der Waals surface area contributed by atoms with Gasteiger partial charge < -0.3 is 15.5 Å². The van der Waals surface area contributed by atoms with Crippen LogP contribution >= 0.6 is 11.6 Å². The lowest BCUT2D eigenvalue weighted by atomic mass is 10.1. The number of halogens is 5. The molecule has 13 heteroatoms. The zero-order chi connectivity index (χ0) is 27.3. The van der Waals surface area contributed by atoms with Gasteiger partial charge in [-0.1, -0.05) is 11.6 Å². The van der Waals surface area contributed by atoms with Crippen LogP contribution in [-0.2, 0) is 31.4 Å². The SMILES string of the molecule is CC(C)(C)NC(=O)CN(C(=O)CS(=O)CC(=O)Nc1ccc(F)cc1)c1ccc(Cl)c(C(F)(F)F)c1. The fraction of sp³-hybridized carbons (Fsp3) is 0.348. The topological polar surface area (TPSA) is 95.6 Å². The largest absolute Gasteiger partial charge is 0.417 e. The molecule has 2 aromatic rings. The Hall–Kier alpha value is -2.99. The highest BCUT2D eigenvalue weighted by atomic mass is 35.5. The van der Waals surface area contributed by atoms with Gasteiger partial charge in [-0.25, -0.2) is 4.39 Å². The van der Waals surface area contributed by atoms with E-state index in [1.807, 2.05) is 0 Å². The second-order valence-corrected chi connectivity index (χ2v) is 10.6. The minimum Gasteiger partial charge on any atom is -0.350 e. The van der Waals surface area contributed by atoms with Crippen LogP contribution < -0.4 is 15.5 Å². The quantitative estimate of drug-likeness (QED) is 0.484. The highest BCUT2D eigenvalue weighted by molar-refractivity contribution is 7.86. The average molecular weight is 550 g/mol. The molecule has 0 bridgehead atoms. The molecular formula is C23H24ClF4N3O4S.